The topological polar surface area (TPSA) is 100 Å². The predicted molar refractivity (Wildman–Crippen MR) is 115 cm³/mol. The molecule has 1 N–H and O–H groups in total. The fourth-order valence-electron chi connectivity index (χ4n) is 2.49. The van der Waals surface area contributed by atoms with Crippen LogP contribution in [0, 0.1) is 0 Å². The molecule has 0 aliphatic rings. The van der Waals surface area contributed by atoms with Gasteiger partial charge < -0.3 is 24.3 Å². The predicted octanol–water partition coefficient (Wildman–Crippen LogP) is 2.78. The molecule has 0 saturated carbocycles. The maximum absolute atomic E-state index is 12.5. The second-order valence-electron chi connectivity index (χ2n) is 7.90. The maximum atomic E-state index is 12.5. The second-order valence-corrected chi connectivity index (χ2v) is 7.90. The maximum Gasteiger partial charge on any atom is 0.329 e. The lowest BCUT2D eigenvalue weighted by molar-refractivity contribution is -0.159. The van der Waals surface area contributed by atoms with E-state index in [0.717, 1.165) is 5.56 Å². The molecule has 8 nitrogen and oxygen atoms in total. The first kappa shape index (κ1) is 26.6. The van der Waals surface area contributed by atoms with Crippen LogP contribution in [0.1, 0.15) is 52.5 Å². The zero-order chi connectivity index (χ0) is 23.1. The first-order valence-electron chi connectivity index (χ1n) is 10.6. The minimum Gasteiger partial charge on any atom is -0.461 e. The van der Waals surface area contributed by atoms with Gasteiger partial charge in [-0.25, -0.2) is 4.79 Å². The molecule has 0 aliphatic heterocycles. The lowest BCUT2D eigenvalue weighted by Gasteiger charge is -2.24. The molecule has 1 aromatic carbocycles. The van der Waals surface area contributed by atoms with E-state index >= 15 is 0 Å². The van der Waals surface area contributed by atoms with E-state index in [-0.39, 0.29) is 38.4 Å². The molecule has 1 aromatic rings. The Morgan fingerprint density at radius 3 is 2.29 bits per heavy atom. The average Bonchev–Trinajstić information content (AvgIpc) is 2.71. The fraction of sp³-hybridized carbons (Fsp3) is 0.609. The van der Waals surface area contributed by atoms with Crippen LogP contribution in [0.3, 0.4) is 0 Å². The molecule has 0 saturated heterocycles. The summed E-state index contributed by atoms with van der Waals surface area (Å²) in [5.41, 5.74) is 0.160. The number of ether oxygens (including phenoxy) is 4. The van der Waals surface area contributed by atoms with Gasteiger partial charge in [0.2, 0.25) is 5.91 Å². The van der Waals surface area contributed by atoms with Crippen molar-refractivity contribution in [3.05, 3.63) is 35.9 Å². The van der Waals surface area contributed by atoms with Gasteiger partial charge in [0.15, 0.2) is 0 Å². The number of carbonyl (C=O) groups excluding carboxylic acids is 3. The summed E-state index contributed by atoms with van der Waals surface area (Å²) in [5, 5.41) is 2.64. The van der Waals surface area contributed by atoms with Crippen LogP contribution < -0.4 is 5.32 Å². The van der Waals surface area contributed by atoms with Crippen molar-refractivity contribution < 1.29 is 33.3 Å². The summed E-state index contributed by atoms with van der Waals surface area (Å²) < 4.78 is 21.1. The zero-order valence-corrected chi connectivity index (χ0v) is 19.0. The van der Waals surface area contributed by atoms with Crippen molar-refractivity contribution >= 4 is 17.8 Å². The Hall–Kier alpha value is -2.45. The van der Waals surface area contributed by atoms with Crippen LogP contribution in [-0.2, 0) is 39.9 Å². The van der Waals surface area contributed by atoms with Gasteiger partial charge in [0.25, 0.3) is 0 Å². The SMILES string of the molecule is CCOCCOCCC(=O)NC(CCC(=O)OCc1ccccc1)C(=O)OC(C)(C)C. The van der Waals surface area contributed by atoms with Crippen molar-refractivity contribution in [1.82, 2.24) is 5.32 Å². The molecular weight excluding hydrogens is 402 g/mol. The van der Waals surface area contributed by atoms with Gasteiger partial charge in [-0.2, -0.15) is 0 Å². The number of hydrogen-bond acceptors (Lipinski definition) is 7. The van der Waals surface area contributed by atoms with Crippen molar-refractivity contribution in [3.8, 4) is 0 Å². The van der Waals surface area contributed by atoms with E-state index in [4.69, 9.17) is 18.9 Å². The van der Waals surface area contributed by atoms with E-state index in [9.17, 15) is 14.4 Å². The molecule has 0 heterocycles. The lowest BCUT2D eigenvalue weighted by Crippen LogP contribution is -2.44. The third-order valence-corrected chi connectivity index (χ3v) is 3.96. The first-order valence-corrected chi connectivity index (χ1v) is 10.6. The molecule has 1 unspecified atom stereocenters. The number of amides is 1. The monoisotopic (exact) mass is 437 g/mol. The smallest absolute Gasteiger partial charge is 0.329 e. The number of rotatable bonds is 14. The van der Waals surface area contributed by atoms with E-state index in [1.54, 1.807) is 20.8 Å². The average molecular weight is 438 g/mol. The number of esters is 2. The Kier molecular flexibility index (Phi) is 12.5. The normalized spacial score (nSPS) is 12.1. The van der Waals surface area contributed by atoms with Gasteiger partial charge in [-0.05, 0) is 39.7 Å². The van der Waals surface area contributed by atoms with Crippen molar-refractivity contribution in [1.29, 1.82) is 0 Å². The van der Waals surface area contributed by atoms with E-state index in [1.807, 2.05) is 37.3 Å². The molecule has 1 amide bonds. The standard InChI is InChI=1S/C23H35NO7/c1-5-28-15-16-29-14-13-20(25)24-19(22(27)31-23(2,3)4)11-12-21(26)30-17-18-9-7-6-8-10-18/h6-10,19H,5,11-17H2,1-4H3,(H,24,25). The molecule has 0 spiro atoms. The Morgan fingerprint density at radius 2 is 1.65 bits per heavy atom. The highest BCUT2D eigenvalue weighted by Crippen LogP contribution is 2.12. The largest absolute Gasteiger partial charge is 0.461 e. The first-order chi connectivity index (χ1) is 14.7. The third kappa shape index (κ3) is 13.5. The summed E-state index contributed by atoms with van der Waals surface area (Å²) in [6, 6.07) is 8.36. The van der Waals surface area contributed by atoms with Gasteiger partial charge in [0.05, 0.1) is 19.8 Å². The fourth-order valence-corrected chi connectivity index (χ4v) is 2.49. The van der Waals surface area contributed by atoms with Crippen LogP contribution in [0.25, 0.3) is 0 Å². The molecule has 174 valence electrons. The Balaban J connectivity index is 2.50. The minimum absolute atomic E-state index is 0.0259. The molecule has 8 heteroatoms. The molecule has 0 aliphatic carbocycles. The summed E-state index contributed by atoms with van der Waals surface area (Å²) in [6.07, 6.45) is 0.144. The van der Waals surface area contributed by atoms with Crippen LogP contribution in [0.15, 0.2) is 30.3 Å². The summed E-state index contributed by atoms with van der Waals surface area (Å²) >= 11 is 0. The Morgan fingerprint density at radius 1 is 0.968 bits per heavy atom. The van der Waals surface area contributed by atoms with Gasteiger partial charge in [-0.1, -0.05) is 30.3 Å². The molecule has 0 fully saturated rings. The van der Waals surface area contributed by atoms with Crippen molar-refractivity contribution in [3.63, 3.8) is 0 Å². The van der Waals surface area contributed by atoms with Gasteiger partial charge in [0.1, 0.15) is 18.2 Å². The molecule has 1 rings (SSSR count). The number of hydrogen-bond donors (Lipinski definition) is 1. The molecule has 31 heavy (non-hydrogen) atoms. The molecular formula is C23H35NO7. The van der Waals surface area contributed by atoms with Crippen LogP contribution >= 0.6 is 0 Å². The van der Waals surface area contributed by atoms with Gasteiger partial charge in [-0.15, -0.1) is 0 Å². The van der Waals surface area contributed by atoms with Crippen LogP contribution in [0.5, 0.6) is 0 Å². The van der Waals surface area contributed by atoms with Crippen LogP contribution in [0.4, 0.5) is 0 Å². The summed E-state index contributed by atoms with van der Waals surface area (Å²) in [4.78, 5) is 36.8. The van der Waals surface area contributed by atoms with Crippen molar-refractivity contribution in [2.75, 3.05) is 26.4 Å². The van der Waals surface area contributed by atoms with E-state index in [2.05, 4.69) is 5.32 Å². The molecule has 0 bridgehead atoms. The lowest BCUT2D eigenvalue weighted by atomic mass is 10.1. The van der Waals surface area contributed by atoms with Gasteiger partial charge in [-0.3, -0.25) is 9.59 Å². The van der Waals surface area contributed by atoms with E-state index in [0.29, 0.717) is 19.8 Å². The zero-order valence-electron chi connectivity index (χ0n) is 19.0. The Bertz CT molecular complexity index is 670. The third-order valence-electron chi connectivity index (χ3n) is 3.96. The highest BCUT2D eigenvalue weighted by molar-refractivity contribution is 5.85. The summed E-state index contributed by atoms with van der Waals surface area (Å²) in [6.45, 7) is 8.93. The van der Waals surface area contributed by atoms with Crippen molar-refractivity contribution in [2.45, 2.75) is 65.2 Å². The van der Waals surface area contributed by atoms with Gasteiger partial charge in [0, 0.05) is 19.4 Å². The Labute approximate surface area is 184 Å². The van der Waals surface area contributed by atoms with E-state index < -0.39 is 23.6 Å². The molecule has 0 radical (unpaired) electrons. The van der Waals surface area contributed by atoms with Crippen molar-refractivity contribution in [2.24, 2.45) is 0 Å². The van der Waals surface area contributed by atoms with E-state index in [1.165, 1.54) is 0 Å². The van der Waals surface area contributed by atoms with Crippen LogP contribution in [0.2, 0.25) is 0 Å². The summed E-state index contributed by atoms with van der Waals surface area (Å²) in [5.74, 6) is -1.40. The number of carbonyl (C=O) groups is 3. The molecule has 1 atom stereocenters. The quantitative estimate of drug-likeness (QED) is 0.353. The summed E-state index contributed by atoms with van der Waals surface area (Å²) in [7, 11) is 0. The number of nitrogens with one attached hydrogen (secondary N) is 1. The van der Waals surface area contributed by atoms with Gasteiger partial charge >= 0.3 is 11.9 Å². The number of benzene rings is 1. The minimum atomic E-state index is -0.945. The highest BCUT2D eigenvalue weighted by atomic mass is 16.6. The highest BCUT2D eigenvalue weighted by Gasteiger charge is 2.27. The molecule has 0 aromatic heterocycles. The van der Waals surface area contributed by atoms with Crippen LogP contribution in [-0.4, -0.2) is 55.9 Å². The second kappa shape index (κ2) is 14.5.